The summed E-state index contributed by atoms with van der Waals surface area (Å²) < 4.78 is 3.31. The van der Waals surface area contributed by atoms with Gasteiger partial charge >= 0.3 is 0 Å². The summed E-state index contributed by atoms with van der Waals surface area (Å²) in [7, 11) is 0. The maximum absolute atomic E-state index is 4.75. The quantitative estimate of drug-likeness (QED) is 0.440. The number of aryl methyl sites for hydroxylation is 1. The third-order valence-electron chi connectivity index (χ3n) is 3.59. The third-order valence-corrected chi connectivity index (χ3v) is 6.63. The zero-order chi connectivity index (χ0) is 15.6. The Kier molecular flexibility index (Phi) is 4.16. The average molecular weight is 355 g/mol. The van der Waals surface area contributed by atoms with Crippen molar-refractivity contribution in [3.63, 3.8) is 0 Å². The van der Waals surface area contributed by atoms with Crippen LogP contribution in [0.15, 0.2) is 62.6 Å². The smallest absolute Gasteiger partial charge is 0.158 e. The van der Waals surface area contributed by atoms with E-state index in [1.54, 1.807) is 34.4 Å². The first-order chi connectivity index (χ1) is 11.3. The molecule has 0 aliphatic heterocycles. The van der Waals surface area contributed by atoms with E-state index in [1.165, 1.54) is 15.8 Å². The van der Waals surface area contributed by atoms with Gasteiger partial charge < -0.3 is 0 Å². The van der Waals surface area contributed by atoms with Crippen LogP contribution in [-0.2, 0) is 6.42 Å². The van der Waals surface area contributed by atoms with Gasteiger partial charge in [0.15, 0.2) is 8.68 Å². The van der Waals surface area contributed by atoms with E-state index in [2.05, 4.69) is 59.8 Å². The van der Waals surface area contributed by atoms with Crippen LogP contribution in [0.1, 0.15) is 12.5 Å². The van der Waals surface area contributed by atoms with E-state index in [9.17, 15) is 0 Å². The Morgan fingerprint density at radius 2 is 1.78 bits per heavy atom. The molecule has 0 spiro atoms. The van der Waals surface area contributed by atoms with Crippen molar-refractivity contribution in [3.8, 4) is 11.3 Å². The molecule has 0 N–H and O–H groups in total. The molecule has 4 rings (SSSR count). The number of rotatable bonds is 4. The molecule has 0 radical (unpaired) electrons. The fourth-order valence-corrected chi connectivity index (χ4v) is 5.41. The monoisotopic (exact) mass is 354 g/mol. The summed E-state index contributed by atoms with van der Waals surface area (Å²) in [4.78, 5) is 9.41. The summed E-state index contributed by atoms with van der Waals surface area (Å²) in [6.45, 7) is 2.17. The number of nitrogens with zero attached hydrogens (tertiary/aromatic N) is 2. The van der Waals surface area contributed by atoms with Crippen molar-refractivity contribution >= 4 is 44.7 Å². The van der Waals surface area contributed by atoms with Crippen LogP contribution in [0.5, 0.6) is 0 Å². The van der Waals surface area contributed by atoms with Gasteiger partial charge in [-0.3, -0.25) is 0 Å². The number of para-hydroxylation sites is 1. The third kappa shape index (κ3) is 3.17. The molecule has 0 unspecified atom stereocenters. The molecule has 114 valence electrons. The molecule has 2 aromatic heterocycles. The molecule has 0 bridgehead atoms. The first kappa shape index (κ1) is 14.9. The summed E-state index contributed by atoms with van der Waals surface area (Å²) in [6, 6.07) is 16.9. The molecule has 5 heteroatoms. The zero-order valence-electron chi connectivity index (χ0n) is 12.5. The van der Waals surface area contributed by atoms with Crippen LogP contribution in [0.4, 0.5) is 0 Å². The summed E-state index contributed by atoms with van der Waals surface area (Å²) in [5, 5.41) is 2.12. The van der Waals surface area contributed by atoms with Gasteiger partial charge in [-0.15, -0.1) is 22.7 Å². The molecular formula is C18H14N2S3. The van der Waals surface area contributed by atoms with Crippen LogP contribution >= 0.6 is 34.4 Å². The predicted molar refractivity (Wildman–Crippen MR) is 101 cm³/mol. The normalized spacial score (nSPS) is 11.2. The Labute approximate surface area is 147 Å². The number of benzene rings is 2. The number of hydrogen-bond donors (Lipinski definition) is 0. The van der Waals surface area contributed by atoms with Crippen molar-refractivity contribution in [2.45, 2.75) is 22.0 Å². The minimum atomic E-state index is 1.04. The van der Waals surface area contributed by atoms with E-state index in [4.69, 9.17) is 4.98 Å². The highest BCUT2D eigenvalue weighted by molar-refractivity contribution is 8.02. The maximum atomic E-state index is 4.75. The van der Waals surface area contributed by atoms with Gasteiger partial charge in [0, 0.05) is 10.9 Å². The number of aromatic nitrogens is 2. The van der Waals surface area contributed by atoms with Crippen molar-refractivity contribution in [2.75, 3.05) is 0 Å². The molecule has 0 atom stereocenters. The standard InChI is InChI=1S/C18H14N2S3/c1-2-12-7-9-13(10-8-12)15-11-21-17(20-15)23-18-19-14-5-3-4-6-16(14)22-18/h3-11H,2H2,1H3. The minimum Gasteiger partial charge on any atom is -0.229 e. The van der Waals surface area contributed by atoms with Gasteiger partial charge in [0.2, 0.25) is 0 Å². The second-order valence-electron chi connectivity index (χ2n) is 5.10. The molecule has 0 saturated heterocycles. The largest absolute Gasteiger partial charge is 0.229 e. The summed E-state index contributed by atoms with van der Waals surface area (Å²) in [5.41, 5.74) is 4.64. The lowest BCUT2D eigenvalue weighted by molar-refractivity contribution is 1.14. The average Bonchev–Trinajstić information content (AvgIpc) is 3.21. The van der Waals surface area contributed by atoms with Gasteiger partial charge in [0.05, 0.1) is 15.9 Å². The molecule has 2 nitrogen and oxygen atoms in total. The van der Waals surface area contributed by atoms with Crippen molar-refractivity contribution in [1.82, 2.24) is 9.97 Å². The number of thiazole rings is 2. The number of hydrogen-bond acceptors (Lipinski definition) is 5. The van der Waals surface area contributed by atoms with Gasteiger partial charge in [-0.1, -0.05) is 43.3 Å². The van der Waals surface area contributed by atoms with Crippen LogP contribution in [-0.4, -0.2) is 9.97 Å². The first-order valence-electron chi connectivity index (χ1n) is 7.40. The molecular weight excluding hydrogens is 340 g/mol. The first-order valence-corrected chi connectivity index (χ1v) is 9.91. The van der Waals surface area contributed by atoms with Crippen molar-refractivity contribution < 1.29 is 0 Å². The molecule has 2 heterocycles. The lowest BCUT2D eigenvalue weighted by Crippen LogP contribution is -1.81. The Morgan fingerprint density at radius 3 is 2.57 bits per heavy atom. The second-order valence-corrected chi connectivity index (χ2v) is 8.48. The fourth-order valence-electron chi connectivity index (χ4n) is 2.32. The molecule has 2 aromatic carbocycles. The van der Waals surface area contributed by atoms with E-state index in [0.717, 1.165) is 26.3 Å². The van der Waals surface area contributed by atoms with Gasteiger partial charge in [0.1, 0.15) is 0 Å². The lowest BCUT2D eigenvalue weighted by atomic mass is 10.1. The van der Waals surface area contributed by atoms with E-state index in [-0.39, 0.29) is 0 Å². The highest BCUT2D eigenvalue weighted by Crippen LogP contribution is 2.37. The second kappa shape index (κ2) is 6.43. The maximum Gasteiger partial charge on any atom is 0.158 e. The van der Waals surface area contributed by atoms with E-state index >= 15 is 0 Å². The molecule has 0 fully saturated rings. The van der Waals surface area contributed by atoms with E-state index in [1.807, 2.05) is 6.07 Å². The van der Waals surface area contributed by atoms with Gasteiger partial charge in [-0.2, -0.15) is 0 Å². The van der Waals surface area contributed by atoms with Crippen molar-refractivity contribution in [2.24, 2.45) is 0 Å². The Balaban J connectivity index is 1.57. The van der Waals surface area contributed by atoms with Crippen LogP contribution < -0.4 is 0 Å². The fraction of sp³-hybridized carbons (Fsp3) is 0.111. The topological polar surface area (TPSA) is 25.8 Å². The Bertz CT molecular complexity index is 905. The van der Waals surface area contributed by atoms with Gasteiger partial charge in [-0.05, 0) is 35.9 Å². The van der Waals surface area contributed by atoms with E-state index in [0.29, 0.717) is 0 Å². The molecule has 0 saturated carbocycles. The highest BCUT2D eigenvalue weighted by Gasteiger charge is 2.09. The van der Waals surface area contributed by atoms with Crippen molar-refractivity contribution in [3.05, 3.63) is 59.5 Å². The molecule has 0 amide bonds. The summed E-state index contributed by atoms with van der Waals surface area (Å²) in [5.74, 6) is 0. The van der Waals surface area contributed by atoms with Crippen LogP contribution in [0, 0.1) is 0 Å². The summed E-state index contributed by atoms with van der Waals surface area (Å²) >= 11 is 5.05. The minimum absolute atomic E-state index is 1.04. The van der Waals surface area contributed by atoms with Crippen LogP contribution in [0.2, 0.25) is 0 Å². The molecule has 4 aromatic rings. The Hall–Kier alpha value is -1.69. The van der Waals surface area contributed by atoms with Crippen molar-refractivity contribution in [1.29, 1.82) is 0 Å². The van der Waals surface area contributed by atoms with Crippen LogP contribution in [0.25, 0.3) is 21.5 Å². The number of fused-ring (bicyclic) bond motifs is 1. The molecule has 0 aliphatic carbocycles. The Morgan fingerprint density at radius 1 is 0.957 bits per heavy atom. The van der Waals surface area contributed by atoms with Gasteiger partial charge in [-0.25, -0.2) is 9.97 Å². The predicted octanol–water partition coefficient (Wildman–Crippen LogP) is 6.13. The van der Waals surface area contributed by atoms with Gasteiger partial charge in [0.25, 0.3) is 0 Å². The lowest BCUT2D eigenvalue weighted by Gasteiger charge is -1.99. The molecule has 0 aliphatic rings. The van der Waals surface area contributed by atoms with Crippen LogP contribution in [0.3, 0.4) is 0 Å². The zero-order valence-corrected chi connectivity index (χ0v) is 15.0. The molecule has 23 heavy (non-hydrogen) atoms. The van der Waals surface area contributed by atoms with E-state index < -0.39 is 0 Å². The summed E-state index contributed by atoms with van der Waals surface area (Å²) in [6.07, 6.45) is 1.07. The SMILES string of the molecule is CCc1ccc(-c2csc(Sc3nc4ccccc4s3)n2)cc1. The highest BCUT2D eigenvalue weighted by atomic mass is 32.2.